The maximum absolute atomic E-state index is 11.7. The summed E-state index contributed by atoms with van der Waals surface area (Å²) >= 11 is 2.89. The summed E-state index contributed by atoms with van der Waals surface area (Å²) < 4.78 is 32.2. The molecule has 0 bridgehead atoms. The molecule has 0 radical (unpaired) electrons. The summed E-state index contributed by atoms with van der Waals surface area (Å²) in [6.45, 7) is 2.40. The first-order chi connectivity index (χ1) is 9.36. The van der Waals surface area contributed by atoms with Crippen LogP contribution >= 0.6 is 26.6 Å². The Hall–Kier alpha value is -0.530. The molecule has 0 aliphatic rings. The number of hydrogen-bond donors (Lipinski definition) is 0. The Bertz CT molecular complexity index is 552. The quantitative estimate of drug-likeness (QED) is 0.381. The lowest BCUT2D eigenvalue weighted by Gasteiger charge is -2.02. The Balaban J connectivity index is 2.49. The van der Waals surface area contributed by atoms with Crippen molar-refractivity contribution >= 4 is 41.6 Å². The molecule has 0 fully saturated rings. The first-order valence-corrected chi connectivity index (χ1v) is 9.37. The van der Waals surface area contributed by atoms with Crippen LogP contribution < -0.4 is 0 Å². The van der Waals surface area contributed by atoms with Gasteiger partial charge < -0.3 is 9.15 Å². The molecule has 5 nitrogen and oxygen atoms in total. The largest absolute Gasteiger partial charge is 0.460 e. The first-order valence-electron chi connectivity index (χ1n) is 6.27. The molecule has 0 saturated carbocycles. The molecule has 1 rings (SSSR count). The fraction of sp³-hybridized carbons (Fsp3) is 0.583. The summed E-state index contributed by atoms with van der Waals surface area (Å²) in [5.74, 6) is -0.891. The number of esters is 1. The Morgan fingerprint density at radius 3 is 2.55 bits per heavy atom. The van der Waals surface area contributed by atoms with E-state index in [0.717, 1.165) is 38.2 Å². The van der Waals surface area contributed by atoms with Crippen molar-refractivity contribution in [3.05, 3.63) is 16.5 Å². The van der Waals surface area contributed by atoms with Crippen molar-refractivity contribution in [3.63, 3.8) is 0 Å². The fourth-order valence-corrected chi connectivity index (χ4v) is 3.59. The van der Waals surface area contributed by atoms with Gasteiger partial charge in [0.1, 0.15) is 4.90 Å². The lowest BCUT2D eigenvalue weighted by molar-refractivity contribution is 0.0460. The molecule has 0 spiro atoms. The number of unbranched alkanes of at least 4 members (excludes halogenated alkanes) is 4. The Morgan fingerprint density at radius 1 is 1.35 bits per heavy atom. The second kappa shape index (κ2) is 8.05. The van der Waals surface area contributed by atoms with Crippen molar-refractivity contribution in [1.82, 2.24) is 0 Å². The zero-order chi connectivity index (χ0) is 15.2. The van der Waals surface area contributed by atoms with Crippen molar-refractivity contribution in [2.75, 3.05) is 6.61 Å². The van der Waals surface area contributed by atoms with Gasteiger partial charge in [-0.3, -0.25) is 0 Å². The van der Waals surface area contributed by atoms with Crippen LogP contribution in [0.1, 0.15) is 49.6 Å². The van der Waals surface area contributed by atoms with Crippen LogP contribution in [0.3, 0.4) is 0 Å². The van der Waals surface area contributed by atoms with E-state index in [1.54, 1.807) is 0 Å². The molecule has 0 aromatic carbocycles. The van der Waals surface area contributed by atoms with Gasteiger partial charge in [0.15, 0.2) is 4.67 Å². The normalized spacial score (nSPS) is 11.6. The Morgan fingerprint density at radius 2 is 2.00 bits per heavy atom. The zero-order valence-electron chi connectivity index (χ0n) is 11.0. The molecule has 0 aliphatic carbocycles. The summed E-state index contributed by atoms with van der Waals surface area (Å²) in [5.41, 5.74) is 0. The number of furan rings is 1. The second-order valence-corrected chi connectivity index (χ2v) is 7.49. The average molecular weight is 388 g/mol. The third kappa shape index (κ3) is 5.46. The lowest BCUT2D eigenvalue weighted by atomic mass is 10.2. The molecule has 0 N–H and O–H groups in total. The highest BCUT2D eigenvalue weighted by molar-refractivity contribution is 9.10. The minimum absolute atomic E-state index is 0.109. The van der Waals surface area contributed by atoms with Crippen LogP contribution in [0.2, 0.25) is 0 Å². The van der Waals surface area contributed by atoms with E-state index in [-0.39, 0.29) is 21.9 Å². The summed E-state index contributed by atoms with van der Waals surface area (Å²) in [6.07, 6.45) is 5.18. The van der Waals surface area contributed by atoms with E-state index < -0.39 is 15.0 Å². The van der Waals surface area contributed by atoms with Crippen LogP contribution in [-0.2, 0) is 13.8 Å². The molecular weight excluding hydrogens is 372 g/mol. The number of carbonyl (C=O) groups excluding carboxylic acids is 1. The molecule has 8 heteroatoms. The maximum Gasteiger partial charge on any atom is 0.374 e. The summed E-state index contributed by atoms with van der Waals surface area (Å²) in [7, 11) is 1.23. The van der Waals surface area contributed by atoms with Gasteiger partial charge in [0.2, 0.25) is 5.76 Å². The zero-order valence-corrected chi connectivity index (χ0v) is 14.2. The molecule has 1 aromatic heterocycles. The Labute approximate surface area is 131 Å². The fourth-order valence-electron chi connectivity index (χ4n) is 1.56. The second-order valence-electron chi connectivity index (χ2n) is 4.24. The minimum atomic E-state index is -3.96. The highest BCUT2D eigenvalue weighted by Gasteiger charge is 2.23. The van der Waals surface area contributed by atoms with Crippen LogP contribution in [0.25, 0.3) is 0 Å². The molecule has 1 aromatic rings. The predicted molar refractivity (Wildman–Crippen MR) is 78.5 cm³/mol. The van der Waals surface area contributed by atoms with Crippen molar-refractivity contribution in [1.29, 1.82) is 0 Å². The van der Waals surface area contributed by atoms with Crippen LogP contribution in [0.5, 0.6) is 0 Å². The highest BCUT2D eigenvalue weighted by atomic mass is 79.9. The summed E-state index contributed by atoms with van der Waals surface area (Å²) in [4.78, 5) is 11.4. The predicted octanol–water partition coefficient (Wildman–Crippen LogP) is 4.10. The van der Waals surface area contributed by atoms with Gasteiger partial charge in [-0.25, -0.2) is 13.2 Å². The topological polar surface area (TPSA) is 73.6 Å². The van der Waals surface area contributed by atoms with Crippen molar-refractivity contribution in [2.24, 2.45) is 0 Å². The van der Waals surface area contributed by atoms with Gasteiger partial charge >= 0.3 is 5.97 Å². The molecule has 0 saturated heterocycles. The standard InChI is InChI=1S/C12H16BrClO5S/c1-2-3-4-5-6-7-18-12(15)9-8-10(11(13)19-9)20(14,16)17/h8H,2-7H2,1H3. The molecular formula is C12H16BrClO5S. The van der Waals surface area contributed by atoms with E-state index >= 15 is 0 Å². The van der Waals surface area contributed by atoms with Crippen molar-refractivity contribution in [2.45, 2.75) is 43.9 Å². The van der Waals surface area contributed by atoms with Crippen LogP contribution in [0.4, 0.5) is 0 Å². The number of hydrogen-bond acceptors (Lipinski definition) is 5. The van der Waals surface area contributed by atoms with Gasteiger partial charge in [-0.05, 0) is 22.4 Å². The van der Waals surface area contributed by atoms with Crippen LogP contribution in [-0.4, -0.2) is 21.0 Å². The van der Waals surface area contributed by atoms with Crippen LogP contribution in [0, 0.1) is 0 Å². The molecule has 0 atom stereocenters. The van der Waals surface area contributed by atoms with E-state index in [4.69, 9.17) is 19.8 Å². The molecule has 0 aliphatic heterocycles. The van der Waals surface area contributed by atoms with Gasteiger partial charge in [0.05, 0.1) is 6.61 Å². The van der Waals surface area contributed by atoms with Gasteiger partial charge in [0.25, 0.3) is 9.05 Å². The third-order valence-electron chi connectivity index (χ3n) is 2.60. The van der Waals surface area contributed by atoms with E-state index in [2.05, 4.69) is 22.9 Å². The maximum atomic E-state index is 11.7. The number of carbonyl (C=O) groups is 1. The minimum Gasteiger partial charge on any atom is -0.460 e. The number of ether oxygens (including phenoxy) is 1. The molecule has 0 amide bonds. The van der Waals surface area contributed by atoms with Gasteiger partial charge in [-0.1, -0.05) is 32.6 Å². The molecule has 20 heavy (non-hydrogen) atoms. The Kier molecular flexibility index (Phi) is 7.05. The van der Waals surface area contributed by atoms with E-state index in [0.29, 0.717) is 0 Å². The summed E-state index contributed by atoms with van der Waals surface area (Å²) in [5, 5.41) is 0. The lowest BCUT2D eigenvalue weighted by Crippen LogP contribution is -2.05. The SMILES string of the molecule is CCCCCCCOC(=O)c1cc(S(=O)(=O)Cl)c(Br)o1. The van der Waals surface area contributed by atoms with E-state index in [9.17, 15) is 13.2 Å². The highest BCUT2D eigenvalue weighted by Crippen LogP contribution is 2.29. The van der Waals surface area contributed by atoms with Gasteiger partial charge in [-0.2, -0.15) is 0 Å². The monoisotopic (exact) mass is 386 g/mol. The number of halogens is 2. The van der Waals surface area contributed by atoms with Crippen molar-refractivity contribution < 1.29 is 22.4 Å². The molecule has 1 heterocycles. The van der Waals surface area contributed by atoms with Gasteiger partial charge in [0, 0.05) is 16.7 Å². The average Bonchev–Trinajstić information content (AvgIpc) is 2.75. The number of rotatable bonds is 8. The van der Waals surface area contributed by atoms with Crippen molar-refractivity contribution in [3.8, 4) is 0 Å². The molecule has 0 unspecified atom stereocenters. The molecule has 114 valence electrons. The third-order valence-corrected chi connectivity index (χ3v) is 4.78. The first kappa shape index (κ1) is 17.5. The summed E-state index contributed by atoms with van der Waals surface area (Å²) in [6, 6.07) is 1.05. The van der Waals surface area contributed by atoms with Crippen LogP contribution in [0.15, 0.2) is 20.0 Å². The van der Waals surface area contributed by atoms with E-state index in [1.807, 2.05) is 0 Å². The van der Waals surface area contributed by atoms with E-state index in [1.165, 1.54) is 0 Å². The van der Waals surface area contributed by atoms with Gasteiger partial charge in [-0.15, -0.1) is 0 Å². The smallest absolute Gasteiger partial charge is 0.374 e.